The lowest BCUT2D eigenvalue weighted by atomic mass is 10.2. The Balaban J connectivity index is 3.55. The van der Waals surface area contributed by atoms with Crippen LogP contribution in [0.15, 0.2) is 0 Å². The lowest BCUT2D eigenvalue weighted by molar-refractivity contribution is -0.154. The van der Waals surface area contributed by atoms with E-state index in [9.17, 15) is 4.79 Å². The summed E-state index contributed by atoms with van der Waals surface area (Å²) in [5, 5.41) is 2.91. The molecule has 3 N–H and O–H groups in total. The molecule has 14 heavy (non-hydrogen) atoms. The van der Waals surface area contributed by atoms with Gasteiger partial charge in [0.2, 0.25) is 0 Å². The molecule has 4 heteroatoms. The molecule has 0 spiro atoms. The number of hydrogen-bond donors (Lipinski definition) is 2. The van der Waals surface area contributed by atoms with Gasteiger partial charge in [-0.05, 0) is 40.7 Å². The van der Waals surface area contributed by atoms with E-state index in [4.69, 9.17) is 10.5 Å². The van der Waals surface area contributed by atoms with Gasteiger partial charge in [-0.2, -0.15) is 0 Å². The minimum Gasteiger partial charge on any atom is -0.460 e. The first-order valence-electron chi connectivity index (χ1n) is 5.00. The Labute approximate surface area is 86.2 Å². The van der Waals surface area contributed by atoms with Crippen molar-refractivity contribution in [2.45, 2.75) is 51.8 Å². The van der Waals surface area contributed by atoms with Crippen LogP contribution in [0.3, 0.4) is 0 Å². The molecular weight excluding hydrogens is 180 g/mol. The third kappa shape index (κ3) is 8.01. The SMILES string of the molecule is CN[C@@H](N)CCCC(=O)OC(C)(C)C. The van der Waals surface area contributed by atoms with Crippen molar-refractivity contribution in [3.63, 3.8) is 0 Å². The fraction of sp³-hybridized carbons (Fsp3) is 0.900. The van der Waals surface area contributed by atoms with Gasteiger partial charge >= 0.3 is 5.97 Å². The maximum absolute atomic E-state index is 11.2. The van der Waals surface area contributed by atoms with E-state index in [1.165, 1.54) is 0 Å². The highest BCUT2D eigenvalue weighted by atomic mass is 16.6. The number of rotatable bonds is 5. The highest BCUT2D eigenvalue weighted by molar-refractivity contribution is 5.69. The Morgan fingerprint density at radius 3 is 2.50 bits per heavy atom. The molecule has 0 aliphatic rings. The minimum atomic E-state index is -0.387. The standard InChI is InChI=1S/C10H22N2O2/c1-10(2,3)14-9(13)7-5-6-8(11)12-4/h8,12H,5-7,11H2,1-4H3/t8-/m1/s1. The van der Waals surface area contributed by atoms with Crippen LogP contribution in [0, 0.1) is 0 Å². The van der Waals surface area contributed by atoms with Crippen LogP contribution in [0.5, 0.6) is 0 Å². The molecular formula is C10H22N2O2. The van der Waals surface area contributed by atoms with E-state index in [0.717, 1.165) is 12.8 Å². The lowest BCUT2D eigenvalue weighted by Gasteiger charge is -2.19. The molecule has 0 fully saturated rings. The van der Waals surface area contributed by atoms with Gasteiger partial charge in [0.05, 0.1) is 6.17 Å². The number of esters is 1. The maximum Gasteiger partial charge on any atom is 0.306 e. The van der Waals surface area contributed by atoms with Crippen molar-refractivity contribution in [3.8, 4) is 0 Å². The zero-order chi connectivity index (χ0) is 11.2. The van der Waals surface area contributed by atoms with Gasteiger partial charge in [0, 0.05) is 6.42 Å². The summed E-state index contributed by atoms with van der Waals surface area (Å²) in [5.74, 6) is -0.152. The van der Waals surface area contributed by atoms with Crippen LogP contribution >= 0.6 is 0 Å². The maximum atomic E-state index is 11.2. The summed E-state index contributed by atoms with van der Waals surface area (Å²) in [5.41, 5.74) is 5.24. The highest BCUT2D eigenvalue weighted by Crippen LogP contribution is 2.09. The molecule has 0 radical (unpaired) electrons. The summed E-state index contributed by atoms with van der Waals surface area (Å²) in [6.07, 6.45) is 1.96. The van der Waals surface area contributed by atoms with E-state index >= 15 is 0 Å². The fourth-order valence-corrected chi connectivity index (χ4v) is 1.00. The van der Waals surface area contributed by atoms with E-state index in [-0.39, 0.29) is 17.7 Å². The predicted molar refractivity (Wildman–Crippen MR) is 56.7 cm³/mol. The average molecular weight is 202 g/mol. The van der Waals surface area contributed by atoms with Crippen molar-refractivity contribution in [2.24, 2.45) is 5.73 Å². The second kappa shape index (κ2) is 5.98. The first kappa shape index (κ1) is 13.4. The molecule has 0 aromatic rings. The molecule has 1 atom stereocenters. The Kier molecular flexibility index (Phi) is 5.72. The van der Waals surface area contributed by atoms with Crippen molar-refractivity contribution in [1.82, 2.24) is 5.32 Å². The van der Waals surface area contributed by atoms with Crippen LogP contribution < -0.4 is 11.1 Å². The summed E-state index contributed by atoms with van der Waals surface area (Å²) in [4.78, 5) is 11.2. The van der Waals surface area contributed by atoms with E-state index in [1.807, 2.05) is 20.8 Å². The van der Waals surface area contributed by atoms with Gasteiger partial charge in [-0.1, -0.05) is 0 Å². The molecule has 0 heterocycles. The Morgan fingerprint density at radius 2 is 2.07 bits per heavy atom. The van der Waals surface area contributed by atoms with E-state index in [0.29, 0.717) is 6.42 Å². The van der Waals surface area contributed by atoms with Gasteiger partial charge in [-0.15, -0.1) is 0 Å². The van der Waals surface area contributed by atoms with Gasteiger partial charge in [0.1, 0.15) is 5.60 Å². The molecule has 0 unspecified atom stereocenters. The summed E-state index contributed by atoms with van der Waals surface area (Å²) in [6, 6.07) is 0. The summed E-state index contributed by atoms with van der Waals surface area (Å²) >= 11 is 0. The monoisotopic (exact) mass is 202 g/mol. The molecule has 0 aromatic carbocycles. The number of ether oxygens (including phenoxy) is 1. The number of hydrogen-bond acceptors (Lipinski definition) is 4. The first-order chi connectivity index (χ1) is 6.35. The number of carbonyl (C=O) groups is 1. The molecule has 0 saturated heterocycles. The third-order valence-corrected chi connectivity index (χ3v) is 1.69. The largest absolute Gasteiger partial charge is 0.460 e. The Hall–Kier alpha value is -0.610. The van der Waals surface area contributed by atoms with Crippen LogP contribution in [-0.2, 0) is 9.53 Å². The smallest absolute Gasteiger partial charge is 0.306 e. The third-order valence-electron chi connectivity index (χ3n) is 1.69. The molecule has 0 aliphatic heterocycles. The quantitative estimate of drug-likeness (QED) is 0.515. The summed E-state index contributed by atoms with van der Waals surface area (Å²) in [6.45, 7) is 5.60. The lowest BCUT2D eigenvalue weighted by Crippen LogP contribution is -2.34. The van der Waals surface area contributed by atoms with Crippen LogP contribution in [-0.4, -0.2) is 24.8 Å². The second-order valence-corrected chi connectivity index (χ2v) is 4.37. The number of carbonyl (C=O) groups excluding carboxylic acids is 1. The summed E-state index contributed by atoms with van der Waals surface area (Å²) in [7, 11) is 1.80. The molecule has 0 saturated carbocycles. The fourth-order valence-electron chi connectivity index (χ4n) is 1.00. The Bertz CT molecular complexity index is 175. The van der Waals surface area contributed by atoms with E-state index in [2.05, 4.69) is 5.32 Å². The zero-order valence-electron chi connectivity index (χ0n) is 9.59. The molecule has 0 rings (SSSR count). The van der Waals surface area contributed by atoms with Crippen molar-refractivity contribution in [3.05, 3.63) is 0 Å². The predicted octanol–water partition coefficient (Wildman–Crippen LogP) is 1.00. The number of nitrogens with two attached hydrogens (primary N) is 1. The normalized spacial score (nSPS) is 13.8. The molecule has 0 bridgehead atoms. The average Bonchev–Trinajstić information content (AvgIpc) is 2.00. The van der Waals surface area contributed by atoms with E-state index < -0.39 is 0 Å². The van der Waals surface area contributed by atoms with Gasteiger partial charge < -0.3 is 15.8 Å². The van der Waals surface area contributed by atoms with Gasteiger partial charge in [0.25, 0.3) is 0 Å². The van der Waals surface area contributed by atoms with Crippen LogP contribution in [0.1, 0.15) is 40.0 Å². The van der Waals surface area contributed by atoms with Crippen LogP contribution in [0.25, 0.3) is 0 Å². The van der Waals surface area contributed by atoms with Gasteiger partial charge in [0.15, 0.2) is 0 Å². The van der Waals surface area contributed by atoms with Crippen molar-refractivity contribution in [2.75, 3.05) is 7.05 Å². The Morgan fingerprint density at radius 1 is 1.50 bits per heavy atom. The topological polar surface area (TPSA) is 64.3 Å². The van der Waals surface area contributed by atoms with Crippen molar-refractivity contribution < 1.29 is 9.53 Å². The van der Waals surface area contributed by atoms with Crippen molar-refractivity contribution in [1.29, 1.82) is 0 Å². The van der Waals surface area contributed by atoms with E-state index in [1.54, 1.807) is 7.05 Å². The molecule has 0 aromatic heterocycles. The first-order valence-corrected chi connectivity index (χ1v) is 5.00. The number of nitrogens with one attached hydrogen (secondary N) is 1. The minimum absolute atomic E-state index is 0.0302. The molecule has 0 amide bonds. The zero-order valence-corrected chi connectivity index (χ0v) is 9.59. The molecule has 4 nitrogen and oxygen atoms in total. The van der Waals surface area contributed by atoms with Crippen LogP contribution in [0.4, 0.5) is 0 Å². The van der Waals surface area contributed by atoms with Gasteiger partial charge in [-0.25, -0.2) is 0 Å². The highest BCUT2D eigenvalue weighted by Gasteiger charge is 2.15. The molecule has 0 aliphatic carbocycles. The van der Waals surface area contributed by atoms with Crippen molar-refractivity contribution >= 4 is 5.97 Å². The van der Waals surface area contributed by atoms with Crippen LogP contribution in [0.2, 0.25) is 0 Å². The second-order valence-electron chi connectivity index (χ2n) is 4.37. The summed E-state index contributed by atoms with van der Waals surface area (Å²) < 4.78 is 5.15. The molecule has 84 valence electrons. The van der Waals surface area contributed by atoms with Gasteiger partial charge in [-0.3, -0.25) is 4.79 Å².